The number of carbonyl (C=O) groups is 1. The zero-order chi connectivity index (χ0) is 21.6. The van der Waals surface area contributed by atoms with Crippen molar-refractivity contribution >= 4 is 16.9 Å². The van der Waals surface area contributed by atoms with Gasteiger partial charge in [-0.25, -0.2) is 0 Å². The summed E-state index contributed by atoms with van der Waals surface area (Å²) in [6.45, 7) is 1.93. The van der Waals surface area contributed by atoms with E-state index in [9.17, 15) is 30.0 Å². The van der Waals surface area contributed by atoms with Crippen LogP contribution in [0.15, 0.2) is 33.7 Å². The molecule has 12 nitrogen and oxygen atoms in total. The number of aliphatic hydroxyl groups excluding tert-OH is 3. The zero-order valence-corrected chi connectivity index (χ0v) is 18.6. The maximum absolute atomic E-state index is 13.0. The molecule has 1 aromatic carbocycles. The minimum Gasteiger partial charge on any atom is -0.547 e. The van der Waals surface area contributed by atoms with E-state index in [2.05, 4.69) is 15.5 Å². The number of aromatic nitrogens is 4. The van der Waals surface area contributed by atoms with Gasteiger partial charge in [-0.2, -0.15) is 4.68 Å². The van der Waals surface area contributed by atoms with Gasteiger partial charge in [0.15, 0.2) is 12.1 Å². The van der Waals surface area contributed by atoms with Crippen LogP contribution in [0.2, 0.25) is 0 Å². The second kappa shape index (κ2) is 9.12. The van der Waals surface area contributed by atoms with Crippen molar-refractivity contribution < 1.29 is 63.9 Å². The molecule has 1 saturated heterocycles. The first-order valence-corrected chi connectivity index (χ1v) is 9.06. The molecule has 3 aromatic rings. The minimum absolute atomic E-state index is 0. The number of carboxylic acids is 1. The quantitative estimate of drug-likeness (QED) is 0.329. The molecular formula is C18H17N4NaO8. The third-order valence-electron chi connectivity index (χ3n) is 5.04. The first-order valence-electron chi connectivity index (χ1n) is 9.06. The molecule has 31 heavy (non-hydrogen) atoms. The van der Waals surface area contributed by atoms with Gasteiger partial charge in [0.05, 0.1) is 11.4 Å². The van der Waals surface area contributed by atoms with Crippen LogP contribution >= 0.6 is 0 Å². The first-order chi connectivity index (χ1) is 14.3. The number of benzene rings is 1. The van der Waals surface area contributed by atoms with Crippen molar-refractivity contribution in [3.8, 4) is 11.4 Å². The fraction of sp³-hybridized carbons (Fsp3) is 0.389. The Morgan fingerprint density at radius 2 is 1.97 bits per heavy atom. The number of aliphatic carboxylic acids is 1. The van der Waals surface area contributed by atoms with Gasteiger partial charge in [0, 0.05) is 0 Å². The third-order valence-corrected chi connectivity index (χ3v) is 5.04. The predicted octanol–water partition coefficient (Wildman–Crippen LogP) is -5.26. The number of aliphatic hydroxyl groups is 3. The normalized spacial score (nSPS) is 25.9. The summed E-state index contributed by atoms with van der Waals surface area (Å²) in [5.74, 6) is -1.98. The summed E-state index contributed by atoms with van der Waals surface area (Å²) in [4.78, 5) is 24.3. The predicted molar refractivity (Wildman–Crippen MR) is 95.6 cm³/mol. The van der Waals surface area contributed by atoms with E-state index in [1.165, 1.54) is 0 Å². The number of hydrogen-bond acceptors (Lipinski definition) is 11. The van der Waals surface area contributed by atoms with Crippen LogP contribution in [0, 0.1) is 0 Å². The van der Waals surface area contributed by atoms with Crippen molar-refractivity contribution in [2.75, 3.05) is 0 Å². The van der Waals surface area contributed by atoms with Crippen molar-refractivity contribution in [3.05, 3.63) is 40.2 Å². The van der Waals surface area contributed by atoms with Gasteiger partial charge in [-0.1, -0.05) is 13.0 Å². The zero-order valence-electron chi connectivity index (χ0n) is 16.6. The molecule has 0 aliphatic carbocycles. The van der Waals surface area contributed by atoms with E-state index in [-0.39, 0.29) is 46.3 Å². The topological polar surface area (TPSA) is 184 Å². The van der Waals surface area contributed by atoms with Crippen LogP contribution in [-0.2, 0) is 16.0 Å². The molecule has 0 saturated carbocycles. The fourth-order valence-corrected chi connectivity index (χ4v) is 3.35. The number of nitrogens with zero attached hydrogens (tertiary/aromatic N) is 4. The Hall–Kier alpha value is -2.19. The molecule has 3 heterocycles. The Bertz CT molecular complexity index is 1160. The van der Waals surface area contributed by atoms with Crippen LogP contribution in [0.1, 0.15) is 18.7 Å². The van der Waals surface area contributed by atoms with E-state index in [0.717, 1.165) is 16.5 Å². The molecule has 1 aliphatic rings. The summed E-state index contributed by atoms with van der Waals surface area (Å²) < 4.78 is 11.5. The average Bonchev–Trinajstić information content (AvgIpc) is 3.21. The summed E-state index contributed by atoms with van der Waals surface area (Å²) in [5.41, 5.74) is 0.739. The molecular weight excluding hydrogens is 423 g/mol. The summed E-state index contributed by atoms with van der Waals surface area (Å²) in [5, 5.41) is 52.5. The fourth-order valence-electron chi connectivity index (χ4n) is 3.35. The smallest absolute Gasteiger partial charge is 0.547 e. The van der Waals surface area contributed by atoms with Crippen LogP contribution in [0.25, 0.3) is 22.4 Å². The number of ether oxygens (including phenoxy) is 1. The van der Waals surface area contributed by atoms with E-state index in [1.54, 1.807) is 12.1 Å². The molecule has 0 radical (unpaired) electrons. The Kier molecular flexibility index (Phi) is 6.91. The Labute approximate surface area is 196 Å². The van der Waals surface area contributed by atoms with Gasteiger partial charge >= 0.3 is 29.6 Å². The molecule has 0 bridgehead atoms. The van der Waals surface area contributed by atoms with Gasteiger partial charge in [0.25, 0.3) is 0 Å². The number of fused-ring (bicyclic) bond motifs is 1. The largest absolute Gasteiger partial charge is 1.00 e. The molecule has 0 spiro atoms. The van der Waals surface area contributed by atoms with Crippen molar-refractivity contribution in [1.82, 2.24) is 20.2 Å². The van der Waals surface area contributed by atoms with Gasteiger partial charge in [0.1, 0.15) is 41.8 Å². The summed E-state index contributed by atoms with van der Waals surface area (Å²) in [6, 6.07) is 5.17. The number of tetrazole rings is 1. The molecule has 13 heteroatoms. The standard InChI is InChI=1S/C18H18N4O8.Na/c1-2-7-3-4-10-8(5-7)11(23)9(6-29-10)16-19-20-21-22(16)17-14(26)12(24)13(25)15(30-17)18(27)28;/h3-6,12-15,17,24-26H,2H2,1H3,(H,27,28);/q;+1/p-1/t12-,13-,14+,15-,17+;/m0./s1. The Morgan fingerprint density at radius 3 is 2.65 bits per heavy atom. The van der Waals surface area contributed by atoms with Crippen LogP contribution < -0.4 is 40.1 Å². The third kappa shape index (κ3) is 4.03. The van der Waals surface area contributed by atoms with Crippen LogP contribution in [0.4, 0.5) is 0 Å². The van der Waals surface area contributed by atoms with Crippen molar-refractivity contribution in [1.29, 1.82) is 0 Å². The van der Waals surface area contributed by atoms with Crippen LogP contribution in [0.5, 0.6) is 0 Å². The van der Waals surface area contributed by atoms with Crippen molar-refractivity contribution in [3.63, 3.8) is 0 Å². The summed E-state index contributed by atoms with van der Waals surface area (Å²) in [6.07, 6.45) is -7.35. The number of hydrogen-bond donors (Lipinski definition) is 3. The van der Waals surface area contributed by atoms with E-state index in [4.69, 9.17) is 9.15 Å². The van der Waals surface area contributed by atoms with Crippen LogP contribution in [-0.4, -0.2) is 65.9 Å². The molecule has 0 amide bonds. The van der Waals surface area contributed by atoms with Crippen LogP contribution in [0.3, 0.4) is 0 Å². The maximum atomic E-state index is 13.0. The van der Waals surface area contributed by atoms with Crippen molar-refractivity contribution in [2.45, 2.75) is 44.0 Å². The van der Waals surface area contributed by atoms with Gasteiger partial charge in [-0.3, -0.25) is 4.79 Å². The molecule has 2 aromatic heterocycles. The van der Waals surface area contributed by atoms with E-state index >= 15 is 0 Å². The molecule has 0 unspecified atom stereocenters. The van der Waals surface area contributed by atoms with Gasteiger partial charge in [0.2, 0.25) is 5.43 Å². The molecule has 1 aliphatic heterocycles. The van der Waals surface area contributed by atoms with Gasteiger partial charge in [-0.15, -0.1) is 5.10 Å². The van der Waals surface area contributed by atoms with E-state index in [1.807, 2.05) is 13.0 Å². The SMILES string of the molecule is CCc1ccc2occ(-c3nnnn3[C@@H]3O[C@H](C(=O)[O-])[C@@H](O)[C@H](O)[C@H]3O)c(=O)c2c1.[Na+]. The Balaban J connectivity index is 0.00000272. The molecule has 5 atom stereocenters. The number of carboxylic acid groups (broad SMARTS) is 1. The second-order valence-corrected chi connectivity index (χ2v) is 6.85. The number of aryl methyl sites for hydroxylation is 1. The van der Waals surface area contributed by atoms with Crippen molar-refractivity contribution in [2.24, 2.45) is 0 Å². The second-order valence-electron chi connectivity index (χ2n) is 6.85. The first kappa shape index (κ1) is 23.5. The number of carbonyl (C=O) groups excluding carboxylic acids is 1. The maximum Gasteiger partial charge on any atom is 1.00 e. The number of rotatable bonds is 4. The summed E-state index contributed by atoms with van der Waals surface area (Å²) in [7, 11) is 0. The Morgan fingerprint density at radius 1 is 1.23 bits per heavy atom. The van der Waals surface area contributed by atoms with E-state index in [0.29, 0.717) is 12.0 Å². The molecule has 1 fully saturated rings. The molecule has 4 rings (SSSR count). The summed E-state index contributed by atoms with van der Waals surface area (Å²) >= 11 is 0. The molecule has 158 valence electrons. The molecule has 3 N–H and O–H groups in total. The van der Waals surface area contributed by atoms with Gasteiger partial charge in [-0.05, 0) is 34.5 Å². The average molecular weight is 440 g/mol. The van der Waals surface area contributed by atoms with Gasteiger partial charge < -0.3 is 34.4 Å². The minimum atomic E-state index is -1.95. The monoisotopic (exact) mass is 440 g/mol. The van der Waals surface area contributed by atoms with E-state index < -0.39 is 42.0 Å².